The standard InChI is InChI=1S/C18H16F3NO3/c1-25-18(24)16(8-11-2-4-13(19)5-3-11)22-17(23)9-12-6-14(20)10-15(21)7-12/h2-7,10,16H,8-9H2,1H3,(H,22,23)/t16-/m0/s1. The zero-order chi connectivity index (χ0) is 18.4. The molecule has 0 aliphatic heterocycles. The first kappa shape index (κ1) is 18.5. The van der Waals surface area contributed by atoms with E-state index in [0.717, 1.165) is 12.1 Å². The summed E-state index contributed by atoms with van der Waals surface area (Å²) in [7, 11) is 1.17. The number of carbonyl (C=O) groups excluding carboxylic acids is 2. The van der Waals surface area contributed by atoms with Crippen molar-refractivity contribution in [1.82, 2.24) is 5.32 Å². The molecule has 0 bridgehead atoms. The predicted molar refractivity (Wildman–Crippen MR) is 84.1 cm³/mol. The number of rotatable bonds is 6. The minimum Gasteiger partial charge on any atom is -0.467 e. The van der Waals surface area contributed by atoms with E-state index in [1.165, 1.54) is 31.4 Å². The van der Waals surface area contributed by atoms with Crippen LogP contribution in [0.5, 0.6) is 0 Å². The second-order valence-electron chi connectivity index (χ2n) is 5.43. The van der Waals surface area contributed by atoms with Gasteiger partial charge in [0.15, 0.2) is 0 Å². The molecule has 0 saturated carbocycles. The highest BCUT2D eigenvalue weighted by Crippen LogP contribution is 2.10. The first-order valence-corrected chi connectivity index (χ1v) is 7.44. The second kappa shape index (κ2) is 8.32. The molecule has 0 aliphatic rings. The third-order valence-corrected chi connectivity index (χ3v) is 3.46. The lowest BCUT2D eigenvalue weighted by Crippen LogP contribution is -2.43. The maximum Gasteiger partial charge on any atom is 0.328 e. The summed E-state index contributed by atoms with van der Waals surface area (Å²) < 4.78 is 43.9. The fourth-order valence-electron chi connectivity index (χ4n) is 2.34. The fourth-order valence-corrected chi connectivity index (χ4v) is 2.34. The molecule has 0 fully saturated rings. The van der Waals surface area contributed by atoms with Crippen LogP contribution in [0.15, 0.2) is 42.5 Å². The predicted octanol–water partition coefficient (Wildman–Crippen LogP) is 2.55. The molecule has 0 saturated heterocycles. The molecule has 25 heavy (non-hydrogen) atoms. The number of methoxy groups -OCH3 is 1. The lowest BCUT2D eigenvalue weighted by atomic mass is 10.0. The van der Waals surface area contributed by atoms with Crippen LogP contribution in [0.2, 0.25) is 0 Å². The molecule has 0 spiro atoms. The van der Waals surface area contributed by atoms with Gasteiger partial charge in [-0.15, -0.1) is 0 Å². The largest absolute Gasteiger partial charge is 0.467 e. The van der Waals surface area contributed by atoms with E-state index >= 15 is 0 Å². The van der Waals surface area contributed by atoms with Crippen molar-refractivity contribution in [2.45, 2.75) is 18.9 Å². The highest BCUT2D eigenvalue weighted by molar-refractivity contribution is 5.85. The number of hydrogen-bond donors (Lipinski definition) is 1. The molecule has 7 heteroatoms. The summed E-state index contributed by atoms with van der Waals surface area (Å²) in [5.74, 6) is -3.28. The van der Waals surface area contributed by atoms with Crippen LogP contribution in [0.3, 0.4) is 0 Å². The minimum absolute atomic E-state index is 0.0935. The monoisotopic (exact) mass is 351 g/mol. The number of ether oxygens (including phenoxy) is 1. The van der Waals surface area contributed by atoms with Gasteiger partial charge < -0.3 is 10.1 Å². The Morgan fingerprint density at radius 1 is 0.960 bits per heavy atom. The highest BCUT2D eigenvalue weighted by atomic mass is 19.1. The molecule has 4 nitrogen and oxygen atoms in total. The highest BCUT2D eigenvalue weighted by Gasteiger charge is 2.22. The van der Waals surface area contributed by atoms with Crippen molar-refractivity contribution < 1.29 is 27.5 Å². The van der Waals surface area contributed by atoms with Crippen LogP contribution >= 0.6 is 0 Å². The number of benzene rings is 2. The molecular weight excluding hydrogens is 335 g/mol. The van der Waals surface area contributed by atoms with Crippen LogP contribution in [-0.4, -0.2) is 25.0 Å². The van der Waals surface area contributed by atoms with Crippen LogP contribution in [0.4, 0.5) is 13.2 Å². The van der Waals surface area contributed by atoms with Gasteiger partial charge in [0.05, 0.1) is 13.5 Å². The summed E-state index contributed by atoms with van der Waals surface area (Å²) in [5.41, 5.74) is 0.759. The molecule has 2 rings (SSSR count). The number of esters is 1. The van der Waals surface area contributed by atoms with Gasteiger partial charge in [-0.1, -0.05) is 12.1 Å². The molecular formula is C18H16F3NO3. The summed E-state index contributed by atoms with van der Waals surface area (Å²) in [6.07, 6.45) is -0.207. The maximum atomic E-state index is 13.2. The summed E-state index contributed by atoms with van der Waals surface area (Å²) in [6, 6.07) is 7.22. The average Bonchev–Trinajstić information content (AvgIpc) is 2.54. The van der Waals surface area contributed by atoms with Crippen molar-refractivity contribution in [3.8, 4) is 0 Å². The van der Waals surface area contributed by atoms with Gasteiger partial charge in [-0.3, -0.25) is 4.79 Å². The van der Waals surface area contributed by atoms with Crippen molar-refractivity contribution in [3.05, 3.63) is 71.0 Å². The molecule has 1 atom stereocenters. The van der Waals surface area contributed by atoms with Gasteiger partial charge >= 0.3 is 5.97 Å². The molecule has 0 aliphatic carbocycles. The Hall–Kier alpha value is -2.83. The van der Waals surface area contributed by atoms with Crippen molar-refractivity contribution in [2.24, 2.45) is 0 Å². The summed E-state index contributed by atoms with van der Waals surface area (Å²) in [4.78, 5) is 23.9. The zero-order valence-electron chi connectivity index (χ0n) is 13.4. The summed E-state index contributed by atoms with van der Waals surface area (Å²) in [6.45, 7) is 0. The Kier molecular flexibility index (Phi) is 6.16. The van der Waals surface area contributed by atoms with E-state index in [4.69, 9.17) is 0 Å². The first-order chi connectivity index (χ1) is 11.9. The van der Waals surface area contributed by atoms with Crippen LogP contribution in [0, 0.1) is 17.5 Å². The third-order valence-electron chi connectivity index (χ3n) is 3.46. The van der Waals surface area contributed by atoms with Crippen LogP contribution in [0.25, 0.3) is 0 Å². The molecule has 0 aromatic heterocycles. The van der Waals surface area contributed by atoms with E-state index < -0.39 is 35.4 Å². The van der Waals surface area contributed by atoms with Gasteiger partial charge in [0, 0.05) is 12.5 Å². The van der Waals surface area contributed by atoms with Gasteiger partial charge in [-0.2, -0.15) is 0 Å². The first-order valence-electron chi connectivity index (χ1n) is 7.44. The number of carbonyl (C=O) groups is 2. The lowest BCUT2D eigenvalue weighted by molar-refractivity contribution is -0.145. The zero-order valence-corrected chi connectivity index (χ0v) is 13.4. The van der Waals surface area contributed by atoms with Crippen molar-refractivity contribution in [3.63, 3.8) is 0 Å². The van der Waals surface area contributed by atoms with Gasteiger partial charge in [0.1, 0.15) is 23.5 Å². The fraction of sp³-hybridized carbons (Fsp3) is 0.222. The Bertz CT molecular complexity index is 742. The molecule has 0 radical (unpaired) electrons. The smallest absolute Gasteiger partial charge is 0.328 e. The molecule has 1 N–H and O–H groups in total. The third kappa shape index (κ3) is 5.63. The van der Waals surface area contributed by atoms with E-state index in [1.54, 1.807) is 0 Å². The number of nitrogens with one attached hydrogen (secondary N) is 1. The normalized spacial score (nSPS) is 11.7. The van der Waals surface area contributed by atoms with Gasteiger partial charge in [-0.25, -0.2) is 18.0 Å². The van der Waals surface area contributed by atoms with E-state index in [0.29, 0.717) is 11.6 Å². The van der Waals surface area contributed by atoms with Crippen molar-refractivity contribution >= 4 is 11.9 Å². The molecule has 0 unspecified atom stereocenters. The molecule has 1 amide bonds. The number of amides is 1. The Balaban J connectivity index is 2.06. The van der Waals surface area contributed by atoms with Crippen LogP contribution in [0.1, 0.15) is 11.1 Å². The maximum absolute atomic E-state index is 13.2. The Morgan fingerprint density at radius 3 is 2.12 bits per heavy atom. The average molecular weight is 351 g/mol. The SMILES string of the molecule is COC(=O)[C@H](Cc1ccc(F)cc1)NC(=O)Cc1cc(F)cc(F)c1. The van der Waals surface area contributed by atoms with E-state index in [2.05, 4.69) is 10.1 Å². The molecule has 0 heterocycles. The van der Waals surface area contributed by atoms with Crippen molar-refractivity contribution in [2.75, 3.05) is 7.11 Å². The molecule has 132 valence electrons. The van der Waals surface area contributed by atoms with E-state index in [9.17, 15) is 22.8 Å². The van der Waals surface area contributed by atoms with Crippen molar-refractivity contribution in [1.29, 1.82) is 0 Å². The second-order valence-corrected chi connectivity index (χ2v) is 5.43. The Labute approximate surface area is 142 Å². The van der Waals surface area contributed by atoms with Gasteiger partial charge in [-0.05, 0) is 35.4 Å². The van der Waals surface area contributed by atoms with Crippen LogP contribution < -0.4 is 5.32 Å². The summed E-state index contributed by atoms with van der Waals surface area (Å²) in [5, 5.41) is 2.47. The minimum atomic E-state index is -0.999. The lowest BCUT2D eigenvalue weighted by Gasteiger charge is -2.17. The number of halogens is 3. The van der Waals surface area contributed by atoms with Gasteiger partial charge in [0.25, 0.3) is 0 Å². The number of hydrogen-bond acceptors (Lipinski definition) is 3. The van der Waals surface area contributed by atoms with E-state index in [1.807, 2.05) is 0 Å². The van der Waals surface area contributed by atoms with E-state index in [-0.39, 0.29) is 18.4 Å². The topological polar surface area (TPSA) is 55.4 Å². The quantitative estimate of drug-likeness (QED) is 0.814. The summed E-state index contributed by atoms with van der Waals surface area (Å²) >= 11 is 0. The Morgan fingerprint density at radius 2 is 1.56 bits per heavy atom. The van der Waals surface area contributed by atoms with Crippen LogP contribution in [-0.2, 0) is 27.2 Å². The van der Waals surface area contributed by atoms with Gasteiger partial charge in [0.2, 0.25) is 5.91 Å². The molecule has 2 aromatic rings. The molecule has 2 aromatic carbocycles.